The monoisotopic (exact) mass is 267 g/mol. The predicted octanol–water partition coefficient (Wildman–Crippen LogP) is 1.46. The number of amides is 1. The number of piperidine rings is 1. The number of carbonyl (C=O) groups excluding carboxylic acids is 1. The van der Waals surface area contributed by atoms with Gasteiger partial charge in [-0.15, -0.1) is 0 Å². The van der Waals surface area contributed by atoms with Crippen LogP contribution in [-0.4, -0.2) is 60.5 Å². The minimum absolute atomic E-state index is 0.0367. The normalized spacial score (nSPS) is 24.4. The fourth-order valence-electron chi connectivity index (χ4n) is 3.13. The zero-order valence-electron chi connectivity index (χ0n) is 12.5. The number of hydrogen-bond donors (Lipinski definition) is 1. The topological polar surface area (TPSA) is 35.6 Å². The molecule has 2 heterocycles. The van der Waals surface area contributed by atoms with E-state index >= 15 is 0 Å². The highest BCUT2D eigenvalue weighted by Crippen LogP contribution is 2.12. The molecule has 0 aromatic heterocycles. The fraction of sp³-hybridized carbons (Fsp3) is 0.933. The van der Waals surface area contributed by atoms with Crippen LogP contribution in [0.3, 0.4) is 0 Å². The number of carbonyl (C=O) groups is 1. The molecule has 0 aromatic rings. The van der Waals surface area contributed by atoms with Crippen molar-refractivity contribution in [2.24, 2.45) is 0 Å². The van der Waals surface area contributed by atoms with Gasteiger partial charge in [-0.25, -0.2) is 0 Å². The molecule has 4 heteroatoms. The van der Waals surface area contributed by atoms with Crippen LogP contribution in [0.2, 0.25) is 0 Å². The van der Waals surface area contributed by atoms with E-state index in [1.54, 1.807) is 0 Å². The van der Waals surface area contributed by atoms with Crippen molar-refractivity contribution in [2.45, 2.75) is 58.0 Å². The van der Waals surface area contributed by atoms with Crippen LogP contribution in [0.25, 0.3) is 0 Å². The molecule has 1 amide bonds. The first-order valence-corrected chi connectivity index (χ1v) is 7.94. The summed E-state index contributed by atoms with van der Waals surface area (Å²) < 4.78 is 0. The smallest absolute Gasteiger partial charge is 0.239 e. The highest BCUT2D eigenvalue weighted by molar-refractivity contribution is 5.81. The Hall–Kier alpha value is -0.610. The number of nitrogens with zero attached hydrogens (tertiary/aromatic N) is 2. The van der Waals surface area contributed by atoms with E-state index < -0.39 is 0 Å². The molecular weight excluding hydrogens is 238 g/mol. The third kappa shape index (κ3) is 4.18. The van der Waals surface area contributed by atoms with E-state index in [1.165, 1.54) is 45.2 Å². The van der Waals surface area contributed by atoms with Gasteiger partial charge in [-0.2, -0.15) is 0 Å². The standard InChI is InChI=1S/C15H29N3O/c1-13(17-8-4-3-5-9-17)12-16-14(2)15(19)18-10-6-7-11-18/h13-14,16H,3-12H2,1-2H3. The second-order valence-corrected chi connectivity index (χ2v) is 6.11. The molecule has 0 radical (unpaired) electrons. The molecule has 2 aliphatic rings. The number of rotatable bonds is 5. The Morgan fingerprint density at radius 3 is 2.21 bits per heavy atom. The molecule has 2 saturated heterocycles. The average molecular weight is 267 g/mol. The Labute approximate surface area is 117 Å². The molecule has 0 aromatic carbocycles. The Balaban J connectivity index is 1.69. The maximum absolute atomic E-state index is 12.2. The van der Waals surface area contributed by atoms with Crippen LogP contribution >= 0.6 is 0 Å². The Morgan fingerprint density at radius 1 is 1.00 bits per heavy atom. The number of nitrogens with one attached hydrogen (secondary N) is 1. The van der Waals surface area contributed by atoms with Gasteiger partial charge in [0.1, 0.15) is 0 Å². The third-order valence-corrected chi connectivity index (χ3v) is 4.52. The summed E-state index contributed by atoms with van der Waals surface area (Å²) in [5, 5.41) is 3.42. The maximum Gasteiger partial charge on any atom is 0.239 e. The second-order valence-electron chi connectivity index (χ2n) is 6.11. The van der Waals surface area contributed by atoms with Crippen LogP contribution in [0.1, 0.15) is 46.0 Å². The summed E-state index contributed by atoms with van der Waals surface area (Å²) in [6.45, 7) is 9.53. The molecule has 4 nitrogen and oxygen atoms in total. The van der Waals surface area contributed by atoms with E-state index in [2.05, 4.69) is 17.1 Å². The van der Waals surface area contributed by atoms with Gasteiger partial charge in [-0.05, 0) is 52.6 Å². The first-order chi connectivity index (χ1) is 9.18. The summed E-state index contributed by atoms with van der Waals surface area (Å²) in [5.41, 5.74) is 0. The molecule has 19 heavy (non-hydrogen) atoms. The largest absolute Gasteiger partial charge is 0.341 e. The van der Waals surface area contributed by atoms with Gasteiger partial charge in [0.05, 0.1) is 6.04 Å². The van der Waals surface area contributed by atoms with Crippen LogP contribution in [0.4, 0.5) is 0 Å². The van der Waals surface area contributed by atoms with E-state index in [1.807, 2.05) is 11.8 Å². The fourth-order valence-corrected chi connectivity index (χ4v) is 3.13. The van der Waals surface area contributed by atoms with Crippen molar-refractivity contribution in [3.05, 3.63) is 0 Å². The molecule has 0 aliphatic carbocycles. The van der Waals surface area contributed by atoms with Crippen molar-refractivity contribution in [1.29, 1.82) is 0 Å². The van der Waals surface area contributed by atoms with Gasteiger partial charge in [0.15, 0.2) is 0 Å². The van der Waals surface area contributed by atoms with Crippen LogP contribution in [0.5, 0.6) is 0 Å². The van der Waals surface area contributed by atoms with E-state index in [0.29, 0.717) is 6.04 Å². The summed E-state index contributed by atoms with van der Waals surface area (Å²) in [5.74, 6) is 0.281. The SMILES string of the molecule is CC(NCC(C)N1CCCCC1)C(=O)N1CCCC1. The summed E-state index contributed by atoms with van der Waals surface area (Å²) >= 11 is 0. The summed E-state index contributed by atoms with van der Waals surface area (Å²) in [7, 11) is 0. The predicted molar refractivity (Wildman–Crippen MR) is 78.2 cm³/mol. The minimum atomic E-state index is -0.0367. The maximum atomic E-state index is 12.2. The molecule has 110 valence electrons. The second kappa shape index (κ2) is 7.25. The van der Waals surface area contributed by atoms with Crippen molar-refractivity contribution in [2.75, 3.05) is 32.7 Å². The zero-order valence-corrected chi connectivity index (χ0v) is 12.5. The Kier molecular flexibility index (Phi) is 5.64. The molecule has 2 aliphatic heterocycles. The van der Waals surface area contributed by atoms with Crippen molar-refractivity contribution in [3.63, 3.8) is 0 Å². The summed E-state index contributed by atoms with van der Waals surface area (Å²) in [6, 6.07) is 0.500. The third-order valence-electron chi connectivity index (χ3n) is 4.52. The molecule has 0 spiro atoms. The molecule has 1 N–H and O–H groups in total. The minimum Gasteiger partial charge on any atom is -0.341 e. The van der Waals surface area contributed by atoms with E-state index in [4.69, 9.17) is 0 Å². The highest BCUT2D eigenvalue weighted by atomic mass is 16.2. The van der Waals surface area contributed by atoms with Crippen molar-refractivity contribution in [1.82, 2.24) is 15.1 Å². The number of likely N-dealkylation sites (tertiary alicyclic amines) is 2. The highest BCUT2D eigenvalue weighted by Gasteiger charge is 2.24. The van der Waals surface area contributed by atoms with E-state index in [-0.39, 0.29) is 11.9 Å². The molecule has 2 atom stereocenters. The van der Waals surface area contributed by atoms with Crippen molar-refractivity contribution in [3.8, 4) is 0 Å². The average Bonchev–Trinajstić information content (AvgIpc) is 2.98. The van der Waals surface area contributed by atoms with Crippen LogP contribution < -0.4 is 5.32 Å². The van der Waals surface area contributed by atoms with Crippen LogP contribution in [0, 0.1) is 0 Å². The van der Waals surface area contributed by atoms with Crippen LogP contribution in [0.15, 0.2) is 0 Å². The van der Waals surface area contributed by atoms with E-state index in [9.17, 15) is 4.79 Å². The lowest BCUT2D eigenvalue weighted by molar-refractivity contribution is -0.132. The van der Waals surface area contributed by atoms with Gasteiger partial charge in [0.25, 0.3) is 0 Å². The first kappa shape index (κ1) is 14.8. The lowest BCUT2D eigenvalue weighted by Gasteiger charge is -2.33. The molecular formula is C15H29N3O. The lowest BCUT2D eigenvalue weighted by atomic mass is 10.1. The first-order valence-electron chi connectivity index (χ1n) is 7.94. The zero-order chi connectivity index (χ0) is 13.7. The molecule has 0 saturated carbocycles. The van der Waals surface area contributed by atoms with Gasteiger partial charge < -0.3 is 10.2 Å². The number of hydrogen-bond acceptors (Lipinski definition) is 3. The molecule has 2 rings (SSSR count). The summed E-state index contributed by atoms with van der Waals surface area (Å²) in [4.78, 5) is 16.7. The molecule has 2 fully saturated rings. The van der Waals surface area contributed by atoms with E-state index in [0.717, 1.165) is 19.6 Å². The van der Waals surface area contributed by atoms with Gasteiger partial charge in [0, 0.05) is 25.7 Å². The van der Waals surface area contributed by atoms with Gasteiger partial charge >= 0.3 is 0 Å². The quantitative estimate of drug-likeness (QED) is 0.819. The van der Waals surface area contributed by atoms with Crippen molar-refractivity contribution >= 4 is 5.91 Å². The Morgan fingerprint density at radius 2 is 1.58 bits per heavy atom. The van der Waals surface area contributed by atoms with Gasteiger partial charge in [-0.3, -0.25) is 9.69 Å². The van der Waals surface area contributed by atoms with Gasteiger partial charge in [-0.1, -0.05) is 6.42 Å². The molecule has 2 unspecified atom stereocenters. The lowest BCUT2D eigenvalue weighted by Crippen LogP contribution is -2.49. The Bertz CT molecular complexity index is 283. The van der Waals surface area contributed by atoms with Crippen LogP contribution in [-0.2, 0) is 4.79 Å². The molecule has 0 bridgehead atoms. The van der Waals surface area contributed by atoms with Gasteiger partial charge in [0.2, 0.25) is 5.91 Å². The van der Waals surface area contributed by atoms with Crippen molar-refractivity contribution < 1.29 is 4.79 Å². The summed E-state index contributed by atoms with van der Waals surface area (Å²) in [6.07, 6.45) is 6.37.